The van der Waals surface area contributed by atoms with Gasteiger partial charge in [-0.3, -0.25) is 4.79 Å². The average molecular weight is 278 g/mol. The zero-order valence-electron chi connectivity index (χ0n) is 12.2. The van der Waals surface area contributed by atoms with E-state index in [4.69, 9.17) is 15.2 Å². The molecule has 1 aliphatic rings. The number of rotatable bonds is 5. The number of hydrogen-bond donors (Lipinski definition) is 2. The van der Waals surface area contributed by atoms with Crippen molar-refractivity contribution in [3.05, 3.63) is 23.8 Å². The molecule has 1 amide bonds. The second-order valence-corrected chi connectivity index (χ2v) is 5.69. The number of nitrogens with two attached hydrogens (primary N) is 1. The van der Waals surface area contributed by atoms with Crippen molar-refractivity contribution in [3.8, 4) is 11.5 Å². The van der Waals surface area contributed by atoms with Crippen LogP contribution in [0.25, 0.3) is 0 Å². The number of benzene rings is 1. The van der Waals surface area contributed by atoms with Crippen LogP contribution in [0.3, 0.4) is 0 Å². The zero-order valence-corrected chi connectivity index (χ0v) is 12.2. The third-order valence-corrected chi connectivity index (χ3v) is 3.92. The molecule has 0 fully saturated rings. The van der Waals surface area contributed by atoms with Crippen LogP contribution in [0.5, 0.6) is 11.5 Å². The van der Waals surface area contributed by atoms with Gasteiger partial charge in [0.25, 0.3) is 0 Å². The molecule has 1 unspecified atom stereocenters. The predicted molar refractivity (Wildman–Crippen MR) is 76.7 cm³/mol. The van der Waals surface area contributed by atoms with E-state index in [0.717, 1.165) is 11.3 Å². The minimum atomic E-state index is -0.382. The Morgan fingerprint density at radius 3 is 2.75 bits per heavy atom. The molecule has 0 spiro atoms. The van der Waals surface area contributed by atoms with E-state index in [0.29, 0.717) is 18.7 Å². The maximum atomic E-state index is 12.2. The van der Waals surface area contributed by atoms with Gasteiger partial charge in [0.15, 0.2) is 11.5 Å². The SMILES string of the molecule is CC(C)C(C)(CN)NC(=O)Cc1ccc2c(c1)OCO2. The molecular formula is C15H22N2O3. The summed E-state index contributed by atoms with van der Waals surface area (Å²) in [7, 11) is 0. The summed E-state index contributed by atoms with van der Waals surface area (Å²) in [6.07, 6.45) is 0.305. The summed E-state index contributed by atoms with van der Waals surface area (Å²) in [5.41, 5.74) is 6.29. The lowest BCUT2D eigenvalue weighted by molar-refractivity contribution is -0.122. The number of amides is 1. The molecule has 110 valence electrons. The number of ether oxygens (including phenoxy) is 2. The monoisotopic (exact) mass is 278 g/mol. The predicted octanol–water partition coefficient (Wildman–Crippen LogP) is 1.45. The van der Waals surface area contributed by atoms with Gasteiger partial charge in [-0.2, -0.15) is 0 Å². The van der Waals surface area contributed by atoms with Crippen molar-refractivity contribution in [3.63, 3.8) is 0 Å². The number of fused-ring (bicyclic) bond motifs is 1. The van der Waals surface area contributed by atoms with Gasteiger partial charge >= 0.3 is 0 Å². The largest absolute Gasteiger partial charge is 0.454 e. The fourth-order valence-electron chi connectivity index (χ4n) is 2.03. The molecule has 0 aromatic heterocycles. The van der Waals surface area contributed by atoms with Crippen LogP contribution in [0.4, 0.5) is 0 Å². The Hall–Kier alpha value is -1.75. The van der Waals surface area contributed by atoms with E-state index in [9.17, 15) is 4.79 Å². The first-order chi connectivity index (χ1) is 9.44. The highest BCUT2D eigenvalue weighted by Crippen LogP contribution is 2.32. The van der Waals surface area contributed by atoms with E-state index in [1.807, 2.05) is 39.0 Å². The molecule has 20 heavy (non-hydrogen) atoms. The number of hydrogen-bond acceptors (Lipinski definition) is 4. The van der Waals surface area contributed by atoms with Crippen LogP contribution in [-0.2, 0) is 11.2 Å². The Balaban J connectivity index is 2.01. The lowest BCUT2D eigenvalue weighted by Gasteiger charge is -2.33. The van der Waals surface area contributed by atoms with Gasteiger partial charge in [0.05, 0.1) is 12.0 Å². The Labute approximate surface area is 119 Å². The molecule has 1 atom stereocenters. The Morgan fingerprint density at radius 2 is 2.10 bits per heavy atom. The Kier molecular flexibility index (Phi) is 4.18. The van der Waals surface area contributed by atoms with E-state index in [1.165, 1.54) is 0 Å². The summed E-state index contributed by atoms with van der Waals surface area (Å²) in [6.45, 7) is 6.72. The molecule has 3 N–H and O–H groups in total. The van der Waals surface area contributed by atoms with Crippen LogP contribution < -0.4 is 20.5 Å². The van der Waals surface area contributed by atoms with Crippen LogP contribution in [-0.4, -0.2) is 24.8 Å². The van der Waals surface area contributed by atoms with Gasteiger partial charge in [-0.25, -0.2) is 0 Å². The van der Waals surface area contributed by atoms with Crippen molar-refractivity contribution in [2.75, 3.05) is 13.3 Å². The van der Waals surface area contributed by atoms with E-state index < -0.39 is 0 Å². The maximum absolute atomic E-state index is 12.2. The van der Waals surface area contributed by atoms with Crippen molar-refractivity contribution < 1.29 is 14.3 Å². The van der Waals surface area contributed by atoms with E-state index in [1.54, 1.807) is 0 Å². The highest BCUT2D eigenvalue weighted by atomic mass is 16.7. The van der Waals surface area contributed by atoms with Crippen molar-refractivity contribution in [1.82, 2.24) is 5.32 Å². The third-order valence-electron chi connectivity index (χ3n) is 3.92. The summed E-state index contributed by atoms with van der Waals surface area (Å²) in [6, 6.07) is 5.55. The number of nitrogens with one attached hydrogen (secondary N) is 1. The van der Waals surface area contributed by atoms with Crippen LogP contribution in [0, 0.1) is 5.92 Å². The van der Waals surface area contributed by atoms with Gasteiger partial charge in [-0.15, -0.1) is 0 Å². The lowest BCUT2D eigenvalue weighted by Crippen LogP contribution is -2.55. The minimum Gasteiger partial charge on any atom is -0.454 e. The zero-order chi connectivity index (χ0) is 14.8. The van der Waals surface area contributed by atoms with Crippen molar-refractivity contribution in [1.29, 1.82) is 0 Å². The van der Waals surface area contributed by atoms with Crippen LogP contribution >= 0.6 is 0 Å². The minimum absolute atomic E-state index is 0.0366. The van der Waals surface area contributed by atoms with Crippen molar-refractivity contribution >= 4 is 5.91 Å². The summed E-state index contributed by atoms with van der Waals surface area (Å²) < 4.78 is 10.6. The highest BCUT2D eigenvalue weighted by Gasteiger charge is 2.28. The van der Waals surface area contributed by atoms with E-state index in [-0.39, 0.29) is 24.2 Å². The Bertz CT molecular complexity index is 502. The smallest absolute Gasteiger partial charge is 0.231 e. The summed E-state index contributed by atoms with van der Waals surface area (Å²) in [5, 5.41) is 3.02. The molecule has 1 heterocycles. The maximum Gasteiger partial charge on any atom is 0.231 e. The molecule has 1 aromatic carbocycles. The third kappa shape index (κ3) is 3.04. The molecule has 1 aliphatic heterocycles. The van der Waals surface area contributed by atoms with Crippen LogP contribution in [0.1, 0.15) is 26.3 Å². The van der Waals surface area contributed by atoms with Gasteiger partial charge in [-0.05, 0) is 30.5 Å². The van der Waals surface area contributed by atoms with Crippen LogP contribution in [0.2, 0.25) is 0 Å². The summed E-state index contributed by atoms with van der Waals surface area (Å²) in [4.78, 5) is 12.2. The molecule has 2 rings (SSSR count). The van der Waals surface area contributed by atoms with Crippen LogP contribution in [0.15, 0.2) is 18.2 Å². The molecule has 5 nitrogen and oxygen atoms in total. The van der Waals surface area contributed by atoms with Crippen molar-refractivity contribution in [2.45, 2.75) is 32.7 Å². The quantitative estimate of drug-likeness (QED) is 0.855. The molecule has 0 aliphatic carbocycles. The molecule has 0 bridgehead atoms. The first-order valence-corrected chi connectivity index (χ1v) is 6.84. The lowest BCUT2D eigenvalue weighted by atomic mass is 9.88. The van der Waals surface area contributed by atoms with E-state index in [2.05, 4.69) is 5.32 Å². The normalized spacial score (nSPS) is 16.1. The number of carbonyl (C=O) groups is 1. The topological polar surface area (TPSA) is 73.6 Å². The van der Waals surface area contributed by atoms with Gasteiger partial charge in [0, 0.05) is 6.54 Å². The fourth-order valence-corrected chi connectivity index (χ4v) is 2.03. The average Bonchev–Trinajstić information content (AvgIpc) is 2.85. The molecule has 0 radical (unpaired) electrons. The van der Waals surface area contributed by atoms with Gasteiger partial charge in [-0.1, -0.05) is 19.9 Å². The van der Waals surface area contributed by atoms with Gasteiger partial charge < -0.3 is 20.5 Å². The second-order valence-electron chi connectivity index (χ2n) is 5.69. The second kappa shape index (κ2) is 5.71. The molecule has 1 aromatic rings. The standard InChI is InChI=1S/C15H22N2O3/c1-10(2)15(3,8-16)17-14(18)7-11-4-5-12-13(6-11)20-9-19-12/h4-6,10H,7-9,16H2,1-3H3,(H,17,18). The summed E-state index contributed by atoms with van der Waals surface area (Å²) in [5.74, 6) is 1.66. The molecule has 5 heteroatoms. The molecule has 0 saturated heterocycles. The number of carbonyl (C=O) groups excluding carboxylic acids is 1. The van der Waals surface area contributed by atoms with E-state index >= 15 is 0 Å². The first kappa shape index (κ1) is 14.7. The van der Waals surface area contributed by atoms with Gasteiger partial charge in [0.1, 0.15) is 0 Å². The molecular weight excluding hydrogens is 256 g/mol. The first-order valence-electron chi connectivity index (χ1n) is 6.84. The van der Waals surface area contributed by atoms with Gasteiger partial charge in [0.2, 0.25) is 12.7 Å². The highest BCUT2D eigenvalue weighted by molar-refractivity contribution is 5.79. The Morgan fingerprint density at radius 1 is 1.40 bits per heavy atom. The van der Waals surface area contributed by atoms with Crippen molar-refractivity contribution in [2.24, 2.45) is 11.7 Å². The fraction of sp³-hybridized carbons (Fsp3) is 0.533. The molecule has 0 saturated carbocycles. The summed E-state index contributed by atoms with van der Waals surface area (Å²) >= 11 is 0.